The van der Waals surface area contributed by atoms with Gasteiger partial charge in [-0.15, -0.1) is 0 Å². The van der Waals surface area contributed by atoms with Gasteiger partial charge in [-0.25, -0.2) is 13.8 Å². The number of anilines is 3. The number of imidazole rings is 1. The molecule has 4 amide bonds. The third kappa shape index (κ3) is 6.48. The lowest BCUT2D eigenvalue weighted by Crippen LogP contribution is -2.52. The largest absolute Gasteiger partial charge is 0.496 e. The highest BCUT2D eigenvalue weighted by Crippen LogP contribution is 2.44. The number of methoxy groups -OCH3 is 2. The van der Waals surface area contributed by atoms with Crippen LogP contribution in [0.4, 0.5) is 26.0 Å². The molecule has 17 heteroatoms. The number of hydrogen-bond acceptors (Lipinski definition) is 10. The molecule has 2 aromatic carbocycles. The minimum atomic E-state index is -0.828. The number of aromatic nitrogens is 4. The van der Waals surface area contributed by atoms with Crippen LogP contribution in [-0.2, 0) is 33.9 Å². The van der Waals surface area contributed by atoms with Gasteiger partial charge in [-0.3, -0.25) is 29.2 Å². The number of benzene rings is 2. The van der Waals surface area contributed by atoms with Crippen LogP contribution in [0, 0.1) is 11.6 Å². The lowest BCUT2D eigenvalue weighted by Gasteiger charge is -2.35. The molecule has 1 atom stereocenters. The monoisotopic (exact) mass is 807 g/mol. The normalized spacial score (nSPS) is 18.3. The van der Waals surface area contributed by atoms with Crippen LogP contribution in [-0.4, -0.2) is 99.5 Å². The van der Waals surface area contributed by atoms with Crippen molar-refractivity contribution in [1.82, 2.24) is 34.3 Å². The first-order chi connectivity index (χ1) is 28.4. The first kappa shape index (κ1) is 38.0. The Labute approximate surface area is 338 Å². The summed E-state index contributed by atoms with van der Waals surface area (Å²) < 4.78 is 47.3. The third-order valence-electron chi connectivity index (χ3n) is 12.2. The molecular weight excluding hydrogens is 765 g/mol. The van der Waals surface area contributed by atoms with Crippen LogP contribution in [0.15, 0.2) is 48.9 Å². The number of nitrogens with zero attached hydrogens (tertiary/aromatic N) is 8. The van der Waals surface area contributed by atoms with Crippen LogP contribution in [0.5, 0.6) is 11.5 Å². The van der Waals surface area contributed by atoms with Crippen molar-refractivity contribution in [2.45, 2.75) is 64.2 Å². The summed E-state index contributed by atoms with van der Waals surface area (Å²) in [6.45, 7) is 3.70. The molecule has 306 valence electrons. The number of imide groups is 1. The van der Waals surface area contributed by atoms with Crippen LogP contribution in [0.2, 0.25) is 0 Å². The van der Waals surface area contributed by atoms with E-state index in [2.05, 4.69) is 19.9 Å². The van der Waals surface area contributed by atoms with Gasteiger partial charge < -0.3 is 33.5 Å². The topological polar surface area (TPSA) is 147 Å². The number of rotatable bonds is 8. The Kier molecular flexibility index (Phi) is 9.47. The zero-order valence-corrected chi connectivity index (χ0v) is 33.1. The number of nitrogens with one attached hydrogen (secondary N) is 1. The zero-order chi connectivity index (χ0) is 41.3. The van der Waals surface area contributed by atoms with Gasteiger partial charge in [-0.2, -0.15) is 5.10 Å². The van der Waals surface area contributed by atoms with E-state index in [0.29, 0.717) is 90.9 Å². The SMILES string of the molecule is COc1cn2ccnc2cc1-c1c(F)cc(N(C)c2nn(C3CCN(c4cc(F)c5c(c4)CN(C4CCC(=O)NC4=O)C5=O)CC3)c3c2CN(C(C)=O)CC3)cc1OC. The summed E-state index contributed by atoms with van der Waals surface area (Å²) in [6, 6.07) is 7.33. The zero-order valence-electron chi connectivity index (χ0n) is 33.1. The second-order valence-corrected chi connectivity index (χ2v) is 15.5. The molecule has 0 aliphatic carbocycles. The van der Waals surface area contributed by atoms with Gasteiger partial charge in [0.25, 0.3) is 5.91 Å². The average molecular weight is 808 g/mol. The summed E-state index contributed by atoms with van der Waals surface area (Å²) in [7, 11) is 4.84. The Balaban J connectivity index is 0.982. The Bertz CT molecular complexity index is 2560. The van der Waals surface area contributed by atoms with Crippen molar-refractivity contribution in [1.29, 1.82) is 0 Å². The van der Waals surface area contributed by atoms with Crippen molar-refractivity contribution in [3.8, 4) is 22.6 Å². The van der Waals surface area contributed by atoms with E-state index in [1.54, 1.807) is 46.9 Å². The summed E-state index contributed by atoms with van der Waals surface area (Å²) in [5.41, 5.74) is 4.88. The van der Waals surface area contributed by atoms with Crippen molar-refractivity contribution in [2.24, 2.45) is 0 Å². The lowest BCUT2D eigenvalue weighted by atomic mass is 10.0. The highest BCUT2D eigenvalue weighted by Gasteiger charge is 2.41. The van der Waals surface area contributed by atoms with Gasteiger partial charge in [0.1, 0.15) is 34.8 Å². The van der Waals surface area contributed by atoms with Crippen LogP contribution in [0.25, 0.3) is 16.8 Å². The minimum Gasteiger partial charge on any atom is -0.496 e. The Morgan fingerprint density at radius 1 is 0.915 bits per heavy atom. The molecule has 2 fully saturated rings. The quantitative estimate of drug-likeness (QED) is 0.218. The van der Waals surface area contributed by atoms with Crippen molar-refractivity contribution in [3.05, 3.63) is 82.9 Å². The Morgan fingerprint density at radius 3 is 2.41 bits per heavy atom. The number of pyridine rings is 1. The summed E-state index contributed by atoms with van der Waals surface area (Å²) in [5, 5.41) is 7.46. The molecule has 5 aromatic rings. The van der Waals surface area contributed by atoms with Gasteiger partial charge in [0.2, 0.25) is 17.7 Å². The number of fused-ring (bicyclic) bond motifs is 3. The Hall–Kier alpha value is -6.52. The molecule has 15 nitrogen and oxygen atoms in total. The number of halogens is 2. The van der Waals surface area contributed by atoms with Crippen molar-refractivity contribution in [2.75, 3.05) is 50.7 Å². The van der Waals surface area contributed by atoms with Crippen LogP contribution in [0.1, 0.15) is 65.8 Å². The lowest BCUT2D eigenvalue weighted by molar-refractivity contribution is -0.137. The molecule has 1 N–H and O–H groups in total. The minimum absolute atomic E-state index is 0.00593. The second-order valence-electron chi connectivity index (χ2n) is 15.5. The third-order valence-corrected chi connectivity index (χ3v) is 12.2. The average Bonchev–Trinajstić information content (AvgIpc) is 3.94. The fourth-order valence-corrected chi connectivity index (χ4v) is 9.07. The maximum Gasteiger partial charge on any atom is 0.258 e. The van der Waals surface area contributed by atoms with Crippen molar-refractivity contribution < 1.29 is 37.4 Å². The van der Waals surface area contributed by atoms with E-state index in [1.807, 2.05) is 18.0 Å². The van der Waals surface area contributed by atoms with Crippen LogP contribution in [0.3, 0.4) is 0 Å². The maximum atomic E-state index is 16.4. The van der Waals surface area contributed by atoms with Gasteiger partial charge in [-0.1, -0.05) is 0 Å². The molecule has 0 radical (unpaired) electrons. The van der Waals surface area contributed by atoms with Gasteiger partial charge >= 0.3 is 0 Å². The molecule has 2 saturated heterocycles. The smallest absolute Gasteiger partial charge is 0.258 e. The molecule has 7 heterocycles. The summed E-state index contributed by atoms with van der Waals surface area (Å²) in [6.07, 6.45) is 7.47. The first-order valence-corrected chi connectivity index (χ1v) is 19.6. The van der Waals surface area contributed by atoms with Gasteiger partial charge in [0, 0.05) is 99.6 Å². The van der Waals surface area contributed by atoms with Crippen LogP contribution >= 0.6 is 0 Å². The van der Waals surface area contributed by atoms with Gasteiger partial charge in [-0.05, 0) is 49.1 Å². The van der Waals surface area contributed by atoms with E-state index in [1.165, 1.54) is 31.3 Å². The molecule has 0 saturated carbocycles. The van der Waals surface area contributed by atoms with E-state index >= 15 is 8.78 Å². The van der Waals surface area contributed by atoms with Crippen LogP contribution < -0.4 is 24.6 Å². The number of hydrogen-bond donors (Lipinski definition) is 1. The predicted molar refractivity (Wildman–Crippen MR) is 212 cm³/mol. The van der Waals surface area contributed by atoms with E-state index in [0.717, 1.165) is 11.3 Å². The molecule has 4 aliphatic rings. The number of carbonyl (C=O) groups is 4. The van der Waals surface area contributed by atoms with Gasteiger partial charge in [0.05, 0.1) is 44.1 Å². The summed E-state index contributed by atoms with van der Waals surface area (Å²) in [4.78, 5) is 61.5. The fourth-order valence-electron chi connectivity index (χ4n) is 9.07. The van der Waals surface area contributed by atoms with E-state index in [9.17, 15) is 19.2 Å². The highest BCUT2D eigenvalue weighted by atomic mass is 19.1. The molecule has 9 rings (SSSR count). The van der Waals surface area contributed by atoms with E-state index in [4.69, 9.17) is 14.6 Å². The molecule has 3 aromatic heterocycles. The van der Waals surface area contributed by atoms with Crippen molar-refractivity contribution >= 4 is 46.5 Å². The molecule has 1 unspecified atom stereocenters. The number of amides is 4. The second kappa shape index (κ2) is 14.7. The molecule has 0 spiro atoms. The molecule has 59 heavy (non-hydrogen) atoms. The number of carbonyl (C=O) groups excluding carboxylic acids is 4. The fraction of sp³-hybridized carbons (Fsp3) is 0.381. The van der Waals surface area contributed by atoms with Crippen molar-refractivity contribution in [3.63, 3.8) is 0 Å². The molecular formula is C42H43F2N9O6. The first-order valence-electron chi connectivity index (χ1n) is 19.6. The number of ether oxygens (including phenoxy) is 2. The number of piperidine rings is 2. The van der Waals surface area contributed by atoms with Gasteiger partial charge in [0.15, 0.2) is 5.82 Å². The van der Waals surface area contributed by atoms with E-state index < -0.39 is 29.5 Å². The summed E-state index contributed by atoms with van der Waals surface area (Å²) in [5.74, 6) is -1.33. The Morgan fingerprint density at radius 2 is 1.68 bits per heavy atom. The standard InChI is InChI=1S/C42H43F2N9O6/c1-23(54)50-13-9-32-29(21-50)40(48(2)26-16-31(44)39(34(18-26)58-3)28-19-36-45-10-14-51(36)22-35(28)59-4)47-53(32)25-7-11-49(12-8-25)27-15-24-20-52(42(57)38(24)30(43)17-27)33-5-6-37(55)46-41(33)56/h10,14-19,22,25,33H,5-9,11-13,20-21H2,1-4H3,(H,46,55,56). The molecule has 4 aliphatic heterocycles. The highest BCUT2D eigenvalue weighted by molar-refractivity contribution is 6.05. The predicted octanol–water partition coefficient (Wildman–Crippen LogP) is 4.77. The maximum absolute atomic E-state index is 16.4. The summed E-state index contributed by atoms with van der Waals surface area (Å²) >= 11 is 0. The van der Waals surface area contributed by atoms with E-state index in [-0.39, 0.29) is 48.4 Å². The molecule has 0 bridgehead atoms.